The molecule has 206 valence electrons. The van der Waals surface area contributed by atoms with E-state index in [1.807, 2.05) is 84.9 Å². The molecule has 1 atom stereocenters. The highest BCUT2D eigenvalue weighted by atomic mass is 16.5. The smallest absolute Gasteiger partial charge is 0.326 e. The first-order chi connectivity index (χ1) is 18.9. The topological polar surface area (TPSA) is 131 Å². The number of methoxy groups -OCH3 is 1. The standard InChI is InChI=1S/C31H38N4O4/c1-39-26-19-17-23(18-20-26)11-8-9-22-35(27(30(37)38)16-10-21-34-31(32)33)29(36)28(24-12-4-2-5-13-24)25-14-6-3-7-15-25/h2-7,12-15,17-20,27-28H,8-11,16,21-22H2,1H3,(H,37,38)(H4,32,33,34). The molecule has 0 saturated carbocycles. The quantitative estimate of drug-likeness (QED) is 0.153. The van der Waals surface area contributed by atoms with Crippen molar-refractivity contribution in [1.82, 2.24) is 4.90 Å². The summed E-state index contributed by atoms with van der Waals surface area (Å²) in [5.41, 5.74) is 13.7. The lowest BCUT2D eigenvalue weighted by atomic mass is 9.89. The molecule has 0 saturated heterocycles. The number of hydrogen-bond donors (Lipinski definition) is 3. The number of benzene rings is 3. The summed E-state index contributed by atoms with van der Waals surface area (Å²) in [6, 6.07) is 25.9. The SMILES string of the molecule is COc1ccc(CCCCN(C(=O)C(c2ccccc2)c2ccccc2)C(CCCN=C(N)N)C(=O)O)cc1. The molecule has 8 heteroatoms. The molecule has 0 aliphatic carbocycles. The van der Waals surface area contributed by atoms with Crippen molar-refractivity contribution in [3.8, 4) is 5.75 Å². The fourth-order valence-electron chi connectivity index (χ4n) is 4.66. The van der Waals surface area contributed by atoms with Crippen LogP contribution in [0.1, 0.15) is 48.3 Å². The number of aliphatic carboxylic acids is 1. The number of carboxylic acid groups (broad SMARTS) is 1. The second kappa shape index (κ2) is 15.2. The summed E-state index contributed by atoms with van der Waals surface area (Å²) in [4.78, 5) is 32.3. The second-order valence-electron chi connectivity index (χ2n) is 9.39. The Balaban J connectivity index is 1.84. The highest BCUT2D eigenvalue weighted by molar-refractivity contribution is 5.90. The van der Waals surface area contributed by atoms with Crippen molar-refractivity contribution in [1.29, 1.82) is 0 Å². The maximum absolute atomic E-state index is 14.2. The number of carbonyl (C=O) groups is 2. The largest absolute Gasteiger partial charge is 0.497 e. The molecule has 3 aromatic rings. The van der Waals surface area contributed by atoms with Gasteiger partial charge in [0.1, 0.15) is 11.8 Å². The summed E-state index contributed by atoms with van der Waals surface area (Å²) in [5, 5.41) is 10.2. The molecule has 3 rings (SSSR count). The first-order valence-corrected chi connectivity index (χ1v) is 13.2. The van der Waals surface area contributed by atoms with Crippen LogP contribution in [0.15, 0.2) is 89.9 Å². The molecular formula is C31H38N4O4. The van der Waals surface area contributed by atoms with Crippen molar-refractivity contribution in [2.24, 2.45) is 16.5 Å². The number of ether oxygens (including phenoxy) is 1. The average molecular weight is 531 g/mol. The van der Waals surface area contributed by atoms with Gasteiger partial charge < -0.3 is 26.2 Å². The molecule has 0 aliphatic rings. The number of carboxylic acids is 1. The number of guanidine groups is 1. The molecule has 0 aliphatic heterocycles. The fraction of sp³-hybridized carbons (Fsp3) is 0.323. The third-order valence-electron chi connectivity index (χ3n) is 6.66. The highest BCUT2D eigenvalue weighted by Gasteiger charge is 2.34. The summed E-state index contributed by atoms with van der Waals surface area (Å²) >= 11 is 0. The summed E-state index contributed by atoms with van der Waals surface area (Å²) in [5.74, 6) is -1.13. The van der Waals surface area contributed by atoms with Crippen molar-refractivity contribution in [3.05, 3.63) is 102 Å². The zero-order valence-corrected chi connectivity index (χ0v) is 22.4. The Bertz CT molecular complexity index is 1160. The van der Waals surface area contributed by atoms with Gasteiger partial charge in [0.15, 0.2) is 5.96 Å². The minimum absolute atomic E-state index is 0.0402. The Morgan fingerprint density at radius 3 is 1.97 bits per heavy atom. The maximum Gasteiger partial charge on any atom is 0.326 e. The van der Waals surface area contributed by atoms with E-state index >= 15 is 0 Å². The molecule has 39 heavy (non-hydrogen) atoms. The molecule has 3 aromatic carbocycles. The van der Waals surface area contributed by atoms with Crippen LogP contribution in [-0.2, 0) is 16.0 Å². The van der Waals surface area contributed by atoms with Crippen LogP contribution in [0.5, 0.6) is 5.75 Å². The van der Waals surface area contributed by atoms with Gasteiger partial charge in [-0.3, -0.25) is 9.79 Å². The van der Waals surface area contributed by atoms with E-state index in [2.05, 4.69) is 4.99 Å². The first-order valence-electron chi connectivity index (χ1n) is 13.2. The van der Waals surface area contributed by atoms with Crippen LogP contribution in [-0.4, -0.2) is 54.1 Å². The molecule has 0 aromatic heterocycles. The molecule has 0 heterocycles. The Kier molecular flexibility index (Phi) is 11.4. The molecule has 0 spiro atoms. The summed E-state index contributed by atoms with van der Waals surface area (Å²) < 4.78 is 5.23. The van der Waals surface area contributed by atoms with E-state index < -0.39 is 17.9 Å². The normalized spacial score (nSPS) is 11.5. The van der Waals surface area contributed by atoms with Crippen LogP contribution in [0.2, 0.25) is 0 Å². The number of carbonyl (C=O) groups excluding carboxylic acids is 1. The first kappa shape index (κ1) is 29.2. The van der Waals surface area contributed by atoms with E-state index in [4.69, 9.17) is 16.2 Å². The van der Waals surface area contributed by atoms with Gasteiger partial charge in [-0.2, -0.15) is 0 Å². The number of hydrogen-bond acceptors (Lipinski definition) is 4. The number of aryl methyl sites for hydroxylation is 1. The van der Waals surface area contributed by atoms with Crippen molar-refractivity contribution >= 4 is 17.8 Å². The predicted octanol–water partition coefficient (Wildman–Crippen LogP) is 4.19. The van der Waals surface area contributed by atoms with Crippen LogP contribution >= 0.6 is 0 Å². The number of aliphatic imine (C=N–C) groups is 1. The van der Waals surface area contributed by atoms with Gasteiger partial charge in [0.25, 0.3) is 0 Å². The van der Waals surface area contributed by atoms with E-state index in [1.54, 1.807) is 7.11 Å². The minimum Gasteiger partial charge on any atom is -0.497 e. The highest BCUT2D eigenvalue weighted by Crippen LogP contribution is 2.29. The summed E-state index contributed by atoms with van der Waals surface area (Å²) in [6.45, 7) is 0.622. The van der Waals surface area contributed by atoms with Gasteiger partial charge in [0.2, 0.25) is 5.91 Å². The molecular weight excluding hydrogens is 492 g/mol. The van der Waals surface area contributed by atoms with Crippen LogP contribution in [0, 0.1) is 0 Å². The van der Waals surface area contributed by atoms with E-state index in [0.29, 0.717) is 25.9 Å². The second-order valence-corrected chi connectivity index (χ2v) is 9.39. The van der Waals surface area contributed by atoms with E-state index in [1.165, 1.54) is 4.90 Å². The van der Waals surface area contributed by atoms with Crippen molar-refractivity contribution in [2.45, 2.75) is 44.1 Å². The zero-order valence-electron chi connectivity index (χ0n) is 22.4. The van der Waals surface area contributed by atoms with E-state index in [-0.39, 0.29) is 18.3 Å². The zero-order chi connectivity index (χ0) is 28.0. The van der Waals surface area contributed by atoms with Gasteiger partial charge in [-0.15, -0.1) is 0 Å². The van der Waals surface area contributed by atoms with Crippen LogP contribution in [0.3, 0.4) is 0 Å². The number of nitrogens with two attached hydrogens (primary N) is 2. The Morgan fingerprint density at radius 2 is 1.46 bits per heavy atom. The number of rotatable bonds is 15. The molecule has 0 radical (unpaired) electrons. The number of unbranched alkanes of at least 4 members (excludes halogenated alkanes) is 1. The third-order valence-corrected chi connectivity index (χ3v) is 6.66. The molecule has 8 nitrogen and oxygen atoms in total. The Morgan fingerprint density at radius 1 is 0.872 bits per heavy atom. The van der Waals surface area contributed by atoms with Crippen LogP contribution < -0.4 is 16.2 Å². The Labute approximate surface area is 230 Å². The number of nitrogens with zero attached hydrogens (tertiary/aromatic N) is 2. The molecule has 5 N–H and O–H groups in total. The van der Waals surface area contributed by atoms with Crippen molar-refractivity contribution in [2.75, 3.05) is 20.2 Å². The lowest BCUT2D eigenvalue weighted by Crippen LogP contribution is -2.48. The summed E-state index contributed by atoms with van der Waals surface area (Å²) in [6.07, 6.45) is 2.96. The lowest BCUT2D eigenvalue weighted by Gasteiger charge is -2.33. The predicted molar refractivity (Wildman–Crippen MR) is 154 cm³/mol. The molecule has 1 amide bonds. The minimum atomic E-state index is -1.04. The Hall–Kier alpha value is -4.33. The van der Waals surface area contributed by atoms with E-state index in [0.717, 1.165) is 35.3 Å². The maximum atomic E-state index is 14.2. The van der Waals surface area contributed by atoms with Gasteiger partial charge in [0.05, 0.1) is 13.0 Å². The van der Waals surface area contributed by atoms with Crippen LogP contribution in [0.25, 0.3) is 0 Å². The van der Waals surface area contributed by atoms with Gasteiger partial charge in [-0.05, 0) is 60.9 Å². The van der Waals surface area contributed by atoms with Gasteiger partial charge >= 0.3 is 5.97 Å². The third kappa shape index (κ3) is 8.88. The van der Waals surface area contributed by atoms with Gasteiger partial charge in [0, 0.05) is 13.1 Å². The van der Waals surface area contributed by atoms with Gasteiger partial charge in [-0.25, -0.2) is 4.79 Å². The molecule has 0 bridgehead atoms. The molecule has 1 unspecified atom stereocenters. The molecule has 0 fully saturated rings. The summed E-state index contributed by atoms with van der Waals surface area (Å²) in [7, 11) is 1.63. The van der Waals surface area contributed by atoms with E-state index in [9.17, 15) is 14.7 Å². The van der Waals surface area contributed by atoms with Crippen LogP contribution in [0.4, 0.5) is 0 Å². The van der Waals surface area contributed by atoms with Crippen molar-refractivity contribution < 1.29 is 19.4 Å². The number of amides is 1. The lowest BCUT2D eigenvalue weighted by molar-refractivity contribution is -0.151. The monoisotopic (exact) mass is 530 g/mol. The fourth-order valence-corrected chi connectivity index (χ4v) is 4.66. The van der Waals surface area contributed by atoms with Crippen molar-refractivity contribution in [3.63, 3.8) is 0 Å². The average Bonchev–Trinajstić information content (AvgIpc) is 2.95. The van der Waals surface area contributed by atoms with Gasteiger partial charge in [-0.1, -0.05) is 72.8 Å².